The second kappa shape index (κ2) is 7.68. The molecule has 0 aromatic heterocycles. The number of nitrogens with one attached hydrogen (secondary N) is 1. The molecule has 1 unspecified atom stereocenters. The standard InChI is InChI=1S/C18H29NO/c1-4-11-19-18(14(5-2)6-3)16-9-10-17-15(13-16)8-7-12-20-17/h9-10,13-14,18-19H,4-8,11-12H2,1-3H3. The molecule has 0 fully saturated rings. The van der Waals surface area contributed by atoms with E-state index in [1.165, 1.54) is 30.4 Å². The van der Waals surface area contributed by atoms with Gasteiger partial charge in [-0.25, -0.2) is 0 Å². The number of fused-ring (bicyclic) bond motifs is 1. The summed E-state index contributed by atoms with van der Waals surface area (Å²) < 4.78 is 5.73. The minimum absolute atomic E-state index is 0.483. The number of hydrogen-bond acceptors (Lipinski definition) is 2. The molecule has 1 aromatic carbocycles. The molecule has 1 aliphatic rings. The summed E-state index contributed by atoms with van der Waals surface area (Å²) in [5.74, 6) is 1.81. The molecule has 0 bridgehead atoms. The Morgan fingerprint density at radius 3 is 2.70 bits per heavy atom. The first kappa shape index (κ1) is 15.4. The van der Waals surface area contributed by atoms with Gasteiger partial charge in [-0.3, -0.25) is 0 Å². The van der Waals surface area contributed by atoms with Crippen molar-refractivity contribution in [3.05, 3.63) is 29.3 Å². The number of benzene rings is 1. The third-order valence-corrected chi connectivity index (χ3v) is 4.43. The summed E-state index contributed by atoms with van der Waals surface area (Å²) in [4.78, 5) is 0. The SMILES string of the molecule is CCCNC(c1ccc2c(c1)CCCO2)C(CC)CC. The first-order valence-corrected chi connectivity index (χ1v) is 8.29. The number of hydrogen-bond donors (Lipinski definition) is 1. The summed E-state index contributed by atoms with van der Waals surface area (Å²) in [5.41, 5.74) is 2.83. The largest absolute Gasteiger partial charge is 0.493 e. The Morgan fingerprint density at radius 2 is 2.00 bits per heavy atom. The number of aryl methyl sites for hydroxylation is 1. The van der Waals surface area contributed by atoms with E-state index in [0.717, 1.165) is 31.7 Å². The predicted molar refractivity (Wildman–Crippen MR) is 85.4 cm³/mol. The smallest absolute Gasteiger partial charge is 0.122 e. The van der Waals surface area contributed by atoms with Gasteiger partial charge < -0.3 is 10.1 Å². The summed E-state index contributed by atoms with van der Waals surface area (Å²) in [6.45, 7) is 8.80. The van der Waals surface area contributed by atoms with Crippen molar-refractivity contribution in [1.82, 2.24) is 5.32 Å². The van der Waals surface area contributed by atoms with Gasteiger partial charge >= 0.3 is 0 Å². The van der Waals surface area contributed by atoms with Crippen molar-refractivity contribution in [3.63, 3.8) is 0 Å². The van der Waals surface area contributed by atoms with Crippen molar-refractivity contribution in [2.75, 3.05) is 13.2 Å². The first-order valence-electron chi connectivity index (χ1n) is 8.29. The molecule has 20 heavy (non-hydrogen) atoms. The van der Waals surface area contributed by atoms with E-state index in [4.69, 9.17) is 4.74 Å². The third kappa shape index (κ3) is 3.54. The van der Waals surface area contributed by atoms with Gasteiger partial charge in [0.05, 0.1) is 6.61 Å². The van der Waals surface area contributed by atoms with Crippen molar-refractivity contribution in [2.24, 2.45) is 5.92 Å². The highest BCUT2D eigenvalue weighted by atomic mass is 16.5. The Balaban J connectivity index is 2.22. The summed E-state index contributed by atoms with van der Waals surface area (Å²) >= 11 is 0. The second-order valence-electron chi connectivity index (χ2n) is 5.83. The molecule has 0 radical (unpaired) electrons. The zero-order chi connectivity index (χ0) is 14.4. The minimum atomic E-state index is 0.483. The van der Waals surface area contributed by atoms with Gasteiger partial charge in [-0.15, -0.1) is 0 Å². The lowest BCUT2D eigenvalue weighted by molar-refractivity contribution is 0.287. The zero-order valence-corrected chi connectivity index (χ0v) is 13.2. The maximum Gasteiger partial charge on any atom is 0.122 e. The van der Waals surface area contributed by atoms with E-state index in [9.17, 15) is 0 Å². The maximum absolute atomic E-state index is 5.73. The molecule has 0 saturated heterocycles. The van der Waals surface area contributed by atoms with Gasteiger partial charge in [0.2, 0.25) is 0 Å². The van der Waals surface area contributed by atoms with Gasteiger partial charge in [-0.2, -0.15) is 0 Å². The fourth-order valence-corrected chi connectivity index (χ4v) is 3.19. The average Bonchev–Trinajstić information content (AvgIpc) is 2.51. The maximum atomic E-state index is 5.73. The fraction of sp³-hybridized carbons (Fsp3) is 0.667. The van der Waals surface area contributed by atoms with E-state index in [2.05, 4.69) is 44.3 Å². The van der Waals surface area contributed by atoms with Gasteiger partial charge in [-0.05, 0) is 48.9 Å². The monoisotopic (exact) mass is 275 g/mol. The topological polar surface area (TPSA) is 21.3 Å². The van der Waals surface area contributed by atoms with Crippen molar-refractivity contribution >= 4 is 0 Å². The normalized spacial score (nSPS) is 15.8. The fourth-order valence-electron chi connectivity index (χ4n) is 3.19. The Bertz CT molecular complexity index is 412. The van der Waals surface area contributed by atoms with E-state index in [0.29, 0.717) is 12.0 Å². The van der Waals surface area contributed by atoms with Gasteiger partial charge in [0.25, 0.3) is 0 Å². The summed E-state index contributed by atoms with van der Waals surface area (Å²) in [6, 6.07) is 7.29. The second-order valence-corrected chi connectivity index (χ2v) is 5.83. The lowest BCUT2D eigenvalue weighted by Gasteiger charge is -2.28. The lowest BCUT2D eigenvalue weighted by atomic mass is 9.87. The molecule has 2 heteroatoms. The molecule has 0 saturated carbocycles. The Hall–Kier alpha value is -1.02. The molecule has 1 heterocycles. The highest BCUT2D eigenvalue weighted by Gasteiger charge is 2.21. The van der Waals surface area contributed by atoms with E-state index < -0.39 is 0 Å². The number of ether oxygens (including phenoxy) is 1. The van der Waals surface area contributed by atoms with E-state index in [-0.39, 0.29) is 0 Å². The van der Waals surface area contributed by atoms with Crippen LogP contribution in [0.3, 0.4) is 0 Å². The molecule has 0 aliphatic carbocycles. The van der Waals surface area contributed by atoms with Crippen LogP contribution in [0.4, 0.5) is 0 Å². The van der Waals surface area contributed by atoms with E-state index in [1.807, 2.05) is 0 Å². The highest BCUT2D eigenvalue weighted by Crippen LogP contribution is 2.32. The summed E-state index contributed by atoms with van der Waals surface area (Å²) in [7, 11) is 0. The van der Waals surface area contributed by atoms with Crippen LogP contribution in [-0.4, -0.2) is 13.2 Å². The third-order valence-electron chi connectivity index (χ3n) is 4.43. The van der Waals surface area contributed by atoms with Crippen molar-refractivity contribution in [2.45, 2.75) is 58.9 Å². The van der Waals surface area contributed by atoms with Crippen LogP contribution in [0.25, 0.3) is 0 Å². The quantitative estimate of drug-likeness (QED) is 0.791. The Kier molecular flexibility index (Phi) is 5.90. The Morgan fingerprint density at radius 1 is 1.20 bits per heavy atom. The van der Waals surface area contributed by atoms with Crippen LogP contribution in [0.5, 0.6) is 5.75 Å². The predicted octanol–water partition coefficient (Wildman–Crippen LogP) is 4.49. The zero-order valence-electron chi connectivity index (χ0n) is 13.2. The molecule has 2 rings (SSSR count). The molecule has 1 atom stereocenters. The Labute approximate surface area is 123 Å². The van der Waals surface area contributed by atoms with Crippen LogP contribution < -0.4 is 10.1 Å². The van der Waals surface area contributed by atoms with Crippen LogP contribution in [-0.2, 0) is 6.42 Å². The molecule has 1 aromatic rings. The lowest BCUT2D eigenvalue weighted by Crippen LogP contribution is -2.28. The highest BCUT2D eigenvalue weighted by molar-refractivity contribution is 5.39. The van der Waals surface area contributed by atoms with Crippen molar-refractivity contribution < 1.29 is 4.74 Å². The molecular weight excluding hydrogens is 246 g/mol. The van der Waals surface area contributed by atoms with Crippen molar-refractivity contribution in [3.8, 4) is 5.75 Å². The van der Waals surface area contributed by atoms with Crippen LogP contribution in [0.15, 0.2) is 18.2 Å². The van der Waals surface area contributed by atoms with Gasteiger partial charge in [0, 0.05) is 6.04 Å². The van der Waals surface area contributed by atoms with E-state index in [1.54, 1.807) is 0 Å². The summed E-state index contributed by atoms with van der Waals surface area (Å²) in [6.07, 6.45) is 5.95. The van der Waals surface area contributed by atoms with Gasteiger partial charge in [0.1, 0.15) is 5.75 Å². The number of rotatable bonds is 7. The van der Waals surface area contributed by atoms with Gasteiger partial charge in [0.15, 0.2) is 0 Å². The molecule has 0 spiro atoms. The molecular formula is C18H29NO. The minimum Gasteiger partial charge on any atom is -0.493 e. The summed E-state index contributed by atoms with van der Waals surface area (Å²) in [5, 5.41) is 3.75. The molecule has 112 valence electrons. The molecule has 1 N–H and O–H groups in total. The van der Waals surface area contributed by atoms with Crippen molar-refractivity contribution in [1.29, 1.82) is 0 Å². The molecule has 1 aliphatic heterocycles. The van der Waals surface area contributed by atoms with Crippen LogP contribution in [0.2, 0.25) is 0 Å². The van der Waals surface area contributed by atoms with Gasteiger partial charge in [-0.1, -0.05) is 45.7 Å². The first-order chi connectivity index (χ1) is 9.80. The van der Waals surface area contributed by atoms with E-state index >= 15 is 0 Å². The molecule has 0 amide bonds. The van der Waals surface area contributed by atoms with Crippen LogP contribution in [0, 0.1) is 5.92 Å². The van der Waals surface area contributed by atoms with Crippen LogP contribution in [0.1, 0.15) is 63.6 Å². The van der Waals surface area contributed by atoms with Crippen LogP contribution >= 0.6 is 0 Å². The average molecular weight is 275 g/mol. The molecule has 2 nitrogen and oxygen atoms in total.